The molecule has 13 heavy (non-hydrogen) atoms. The zero-order valence-electron chi connectivity index (χ0n) is 7.75. The fourth-order valence-electron chi connectivity index (χ4n) is 1.52. The molecule has 2 rings (SSSR count). The van der Waals surface area contributed by atoms with Crippen molar-refractivity contribution < 1.29 is 0 Å². The molecule has 1 aliphatic carbocycles. The second-order valence-electron chi connectivity index (χ2n) is 3.15. The SMILES string of the molecule is C/C=C\C=C/c1cc2c([nH]1)CC=C2. The number of H-pyrrole nitrogens is 1. The minimum atomic E-state index is 1.05. The third kappa shape index (κ3) is 1.64. The first-order chi connectivity index (χ1) is 6.40. The second kappa shape index (κ2) is 3.48. The first-order valence-electron chi connectivity index (χ1n) is 4.58. The van der Waals surface area contributed by atoms with Gasteiger partial charge in [-0.15, -0.1) is 0 Å². The van der Waals surface area contributed by atoms with E-state index in [0.29, 0.717) is 0 Å². The summed E-state index contributed by atoms with van der Waals surface area (Å²) in [6.07, 6.45) is 13.6. The van der Waals surface area contributed by atoms with Crippen molar-refractivity contribution >= 4 is 12.2 Å². The van der Waals surface area contributed by atoms with Crippen molar-refractivity contribution in [3.8, 4) is 0 Å². The smallest absolute Gasteiger partial charge is 0.0388 e. The zero-order chi connectivity index (χ0) is 9.10. The highest BCUT2D eigenvalue weighted by molar-refractivity contribution is 5.63. The molecule has 0 unspecified atom stereocenters. The van der Waals surface area contributed by atoms with E-state index in [1.165, 1.54) is 17.0 Å². The molecule has 1 nitrogen and oxygen atoms in total. The Morgan fingerprint density at radius 2 is 2.31 bits per heavy atom. The van der Waals surface area contributed by atoms with Gasteiger partial charge in [-0.2, -0.15) is 0 Å². The second-order valence-corrected chi connectivity index (χ2v) is 3.15. The number of allylic oxidation sites excluding steroid dienone is 4. The van der Waals surface area contributed by atoms with Gasteiger partial charge in [0.2, 0.25) is 0 Å². The molecule has 0 fully saturated rings. The van der Waals surface area contributed by atoms with E-state index in [4.69, 9.17) is 0 Å². The van der Waals surface area contributed by atoms with Gasteiger partial charge in [0, 0.05) is 17.8 Å². The molecule has 0 saturated carbocycles. The first-order valence-corrected chi connectivity index (χ1v) is 4.58. The van der Waals surface area contributed by atoms with E-state index >= 15 is 0 Å². The monoisotopic (exact) mass is 171 g/mol. The van der Waals surface area contributed by atoms with Crippen molar-refractivity contribution in [2.24, 2.45) is 0 Å². The highest BCUT2D eigenvalue weighted by atomic mass is 14.7. The average molecular weight is 171 g/mol. The first kappa shape index (κ1) is 8.11. The number of nitrogens with one attached hydrogen (secondary N) is 1. The largest absolute Gasteiger partial charge is 0.358 e. The maximum absolute atomic E-state index is 3.37. The molecule has 0 spiro atoms. The molecule has 1 N–H and O–H groups in total. The van der Waals surface area contributed by atoms with Crippen LogP contribution in [0.2, 0.25) is 0 Å². The molecule has 0 bridgehead atoms. The van der Waals surface area contributed by atoms with Crippen LogP contribution in [0.1, 0.15) is 23.9 Å². The summed E-state index contributed by atoms with van der Waals surface area (Å²) in [6, 6.07) is 2.18. The lowest BCUT2D eigenvalue weighted by atomic mass is 10.3. The number of fused-ring (bicyclic) bond motifs is 1. The van der Waals surface area contributed by atoms with Crippen LogP contribution in [0, 0.1) is 0 Å². The summed E-state index contributed by atoms with van der Waals surface area (Å²) in [5, 5.41) is 0. The number of rotatable bonds is 2. The van der Waals surface area contributed by atoms with Gasteiger partial charge >= 0.3 is 0 Å². The van der Waals surface area contributed by atoms with Gasteiger partial charge < -0.3 is 4.98 Å². The van der Waals surface area contributed by atoms with E-state index in [2.05, 4.69) is 29.3 Å². The summed E-state index contributed by atoms with van der Waals surface area (Å²) < 4.78 is 0. The van der Waals surface area contributed by atoms with E-state index in [-0.39, 0.29) is 0 Å². The summed E-state index contributed by atoms with van der Waals surface area (Å²) in [7, 11) is 0. The Balaban J connectivity index is 2.19. The molecule has 0 saturated heterocycles. The predicted octanol–water partition coefficient (Wildman–Crippen LogP) is 3.17. The standard InChI is InChI=1S/C12H13N/c1-2-3-4-7-11-9-10-6-5-8-12(10)13-11/h2-7,9,13H,8H2,1H3/b3-2-,7-4-. The van der Waals surface area contributed by atoms with Crippen molar-refractivity contribution in [3.05, 3.63) is 47.3 Å². The number of aromatic amines is 1. The molecule has 0 amide bonds. The van der Waals surface area contributed by atoms with Crippen LogP contribution in [0.25, 0.3) is 12.2 Å². The van der Waals surface area contributed by atoms with Crippen LogP contribution >= 0.6 is 0 Å². The topological polar surface area (TPSA) is 15.8 Å². The van der Waals surface area contributed by atoms with Crippen molar-refractivity contribution in [2.75, 3.05) is 0 Å². The van der Waals surface area contributed by atoms with Crippen LogP contribution in [-0.4, -0.2) is 4.98 Å². The van der Waals surface area contributed by atoms with Crippen LogP contribution < -0.4 is 0 Å². The Kier molecular flexibility index (Phi) is 2.17. The molecule has 0 radical (unpaired) electrons. The van der Waals surface area contributed by atoms with E-state index in [1.807, 2.05) is 25.2 Å². The molecule has 66 valence electrons. The normalized spacial score (nSPS) is 14.8. The van der Waals surface area contributed by atoms with E-state index < -0.39 is 0 Å². The molecule has 0 atom stereocenters. The van der Waals surface area contributed by atoms with Crippen LogP contribution in [0.3, 0.4) is 0 Å². The lowest BCUT2D eigenvalue weighted by Gasteiger charge is -1.86. The van der Waals surface area contributed by atoms with Crippen LogP contribution in [0.4, 0.5) is 0 Å². The maximum Gasteiger partial charge on any atom is 0.0388 e. The molecule has 1 heterocycles. The fourth-order valence-corrected chi connectivity index (χ4v) is 1.52. The Morgan fingerprint density at radius 3 is 3.08 bits per heavy atom. The van der Waals surface area contributed by atoms with Crippen molar-refractivity contribution in [2.45, 2.75) is 13.3 Å². The van der Waals surface area contributed by atoms with Gasteiger partial charge in [0.05, 0.1) is 0 Å². The van der Waals surface area contributed by atoms with Crippen molar-refractivity contribution in [1.82, 2.24) is 4.98 Å². The van der Waals surface area contributed by atoms with Gasteiger partial charge in [-0.1, -0.05) is 30.4 Å². The number of hydrogen-bond acceptors (Lipinski definition) is 0. The predicted molar refractivity (Wildman–Crippen MR) is 57.4 cm³/mol. The lowest BCUT2D eigenvalue weighted by molar-refractivity contribution is 1.16. The van der Waals surface area contributed by atoms with E-state index in [0.717, 1.165) is 6.42 Å². The van der Waals surface area contributed by atoms with Gasteiger partial charge in [0.1, 0.15) is 0 Å². The van der Waals surface area contributed by atoms with Gasteiger partial charge in [0.15, 0.2) is 0 Å². The van der Waals surface area contributed by atoms with E-state index in [1.54, 1.807) is 0 Å². The summed E-state index contributed by atoms with van der Waals surface area (Å²) in [4.78, 5) is 3.37. The third-order valence-electron chi connectivity index (χ3n) is 2.15. The summed E-state index contributed by atoms with van der Waals surface area (Å²) in [6.45, 7) is 2.02. The van der Waals surface area contributed by atoms with Gasteiger partial charge in [-0.05, 0) is 24.6 Å². The van der Waals surface area contributed by atoms with Gasteiger partial charge in [0.25, 0.3) is 0 Å². The van der Waals surface area contributed by atoms with Gasteiger partial charge in [-0.25, -0.2) is 0 Å². The highest BCUT2D eigenvalue weighted by Gasteiger charge is 2.06. The zero-order valence-corrected chi connectivity index (χ0v) is 7.75. The molecule has 1 aromatic rings. The molecular weight excluding hydrogens is 158 g/mol. The minimum Gasteiger partial charge on any atom is -0.358 e. The Bertz CT molecular complexity index is 378. The highest BCUT2D eigenvalue weighted by Crippen LogP contribution is 2.20. The molecule has 1 aliphatic rings. The van der Waals surface area contributed by atoms with Crippen LogP contribution in [0.15, 0.2) is 30.4 Å². The summed E-state index contributed by atoms with van der Waals surface area (Å²) in [5.41, 5.74) is 3.85. The molecule has 0 aliphatic heterocycles. The molecule has 1 aromatic heterocycles. The minimum absolute atomic E-state index is 1.05. The fraction of sp³-hybridized carbons (Fsp3) is 0.167. The molecular formula is C12H13N. The Morgan fingerprint density at radius 1 is 1.38 bits per heavy atom. The molecule has 1 heteroatoms. The Labute approximate surface area is 78.5 Å². The van der Waals surface area contributed by atoms with Crippen LogP contribution in [-0.2, 0) is 6.42 Å². The van der Waals surface area contributed by atoms with Gasteiger partial charge in [-0.3, -0.25) is 0 Å². The Hall–Kier alpha value is -1.50. The lowest BCUT2D eigenvalue weighted by Crippen LogP contribution is -1.77. The van der Waals surface area contributed by atoms with Crippen molar-refractivity contribution in [1.29, 1.82) is 0 Å². The number of hydrogen-bond donors (Lipinski definition) is 1. The van der Waals surface area contributed by atoms with Crippen molar-refractivity contribution in [3.63, 3.8) is 0 Å². The summed E-state index contributed by atoms with van der Waals surface area (Å²) in [5.74, 6) is 0. The summed E-state index contributed by atoms with van der Waals surface area (Å²) >= 11 is 0. The maximum atomic E-state index is 3.37. The van der Waals surface area contributed by atoms with E-state index in [9.17, 15) is 0 Å². The molecule has 0 aromatic carbocycles. The average Bonchev–Trinajstić information content (AvgIpc) is 2.64. The number of aromatic nitrogens is 1. The quantitative estimate of drug-likeness (QED) is 0.658. The van der Waals surface area contributed by atoms with Crippen LogP contribution in [0.5, 0.6) is 0 Å². The third-order valence-corrected chi connectivity index (χ3v) is 2.15.